The fourth-order valence-electron chi connectivity index (χ4n) is 5.45. The maximum atomic E-state index is 13.7. The summed E-state index contributed by atoms with van der Waals surface area (Å²) in [5.74, 6) is -1.59. The van der Waals surface area contributed by atoms with Gasteiger partial charge >= 0.3 is 5.91 Å². The molecule has 0 saturated carbocycles. The van der Waals surface area contributed by atoms with Gasteiger partial charge in [0.2, 0.25) is 5.91 Å². The standard InChI is InChI=1S/C29H33N5O6/c1-19(2)17-22(30-27(36)20-6-8-21(9-7-20)31-13-15-40-16-14-31)28(37)33-18-25(35)26-23(33)10-12-32(26)29(38)24-5-3-4-11-34(24)39/h3-12,19,22-23,26H,13-18H2,1-2H3,(H,30,36). The Kier molecular flexibility index (Phi) is 7.83. The Hall–Kier alpha value is -4.25. The van der Waals surface area contributed by atoms with Gasteiger partial charge in [-0.1, -0.05) is 13.8 Å². The number of anilines is 1. The second-order valence-corrected chi connectivity index (χ2v) is 10.6. The van der Waals surface area contributed by atoms with Crippen LogP contribution in [0.5, 0.6) is 0 Å². The molecule has 11 heteroatoms. The Labute approximate surface area is 232 Å². The number of rotatable bonds is 7. The van der Waals surface area contributed by atoms with Crippen molar-refractivity contribution in [3.05, 3.63) is 77.4 Å². The van der Waals surface area contributed by atoms with Crippen LogP contribution in [0.4, 0.5) is 5.69 Å². The maximum absolute atomic E-state index is 13.7. The van der Waals surface area contributed by atoms with Crippen LogP contribution in [0.2, 0.25) is 0 Å². The number of pyridine rings is 1. The van der Waals surface area contributed by atoms with Gasteiger partial charge in [-0.25, -0.2) is 0 Å². The van der Waals surface area contributed by atoms with E-state index in [2.05, 4.69) is 10.2 Å². The lowest BCUT2D eigenvalue weighted by Gasteiger charge is -2.29. The summed E-state index contributed by atoms with van der Waals surface area (Å²) in [6, 6.07) is 9.27. The van der Waals surface area contributed by atoms with Crippen molar-refractivity contribution in [1.29, 1.82) is 0 Å². The molecule has 1 aromatic heterocycles. The highest BCUT2D eigenvalue weighted by Crippen LogP contribution is 2.29. The van der Waals surface area contributed by atoms with Gasteiger partial charge in [-0.3, -0.25) is 24.1 Å². The number of hydrogen-bond donors (Lipinski definition) is 1. The highest BCUT2D eigenvalue weighted by Gasteiger charge is 2.51. The quantitative estimate of drug-likeness (QED) is 0.407. The van der Waals surface area contributed by atoms with Crippen LogP contribution in [0.15, 0.2) is 60.9 Å². The summed E-state index contributed by atoms with van der Waals surface area (Å²) in [5.41, 5.74) is 1.32. The summed E-state index contributed by atoms with van der Waals surface area (Å²) in [5, 5.41) is 15.0. The monoisotopic (exact) mass is 547 g/mol. The number of fused-ring (bicyclic) bond motifs is 1. The zero-order valence-corrected chi connectivity index (χ0v) is 22.6. The van der Waals surface area contributed by atoms with Crippen molar-refractivity contribution in [3.63, 3.8) is 0 Å². The minimum absolute atomic E-state index is 0.0924. The van der Waals surface area contributed by atoms with Crippen LogP contribution in [-0.4, -0.2) is 84.3 Å². The fourth-order valence-corrected chi connectivity index (χ4v) is 5.45. The van der Waals surface area contributed by atoms with E-state index in [0.717, 1.165) is 18.8 Å². The summed E-state index contributed by atoms with van der Waals surface area (Å²) >= 11 is 0. The maximum Gasteiger partial charge on any atom is 0.324 e. The summed E-state index contributed by atoms with van der Waals surface area (Å²) in [7, 11) is 0. The molecule has 2 fully saturated rings. The third-order valence-corrected chi connectivity index (χ3v) is 7.46. The molecule has 4 heterocycles. The smallest absolute Gasteiger partial charge is 0.324 e. The third-order valence-electron chi connectivity index (χ3n) is 7.46. The van der Waals surface area contributed by atoms with Gasteiger partial charge in [-0.05, 0) is 48.7 Å². The lowest BCUT2D eigenvalue weighted by atomic mass is 10.0. The van der Waals surface area contributed by atoms with Gasteiger partial charge in [0, 0.05) is 42.7 Å². The molecule has 1 aromatic carbocycles. The molecule has 2 saturated heterocycles. The minimum Gasteiger partial charge on any atom is -0.618 e. The predicted molar refractivity (Wildman–Crippen MR) is 145 cm³/mol. The number of carbonyl (C=O) groups is 4. The summed E-state index contributed by atoms with van der Waals surface area (Å²) in [6.45, 7) is 6.61. The molecule has 0 aliphatic carbocycles. The van der Waals surface area contributed by atoms with E-state index in [1.54, 1.807) is 24.3 Å². The zero-order valence-electron chi connectivity index (χ0n) is 22.6. The van der Waals surface area contributed by atoms with E-state index in [-0.39, 0.29) is 35.8 Å². The van der Waals surface area contributed by atoms with E-state index in [4.69, 9.17) is 4.74 Å². The molecule has 2 aromatic rings. The number of morpholine rings is 1. The van der Waals surface area contributed by atoms with Crippen LogP contribution in [-0.2, 0) is 14.3 Å². The average molecular weight is 548 g/mol. The van der Waals surface area contributed by atoms with Crippen LogP contribution >= 0.6 is 0 Å². The summed E-state index contributed by atoms with van der Waals surface area (Å²) in [4.78, 5) is 57.9. The Bertz CT molecular complexity index is 1320. The number of benzene rings is 1. The molecule has 3 aliphatic rings. The van der Waals surface area contributed by atoms with Crippen LogP contribution in [0.1, 0.15) is 41.1 Å². The zero-order chi connectivity index (χ0) is 28.4. The molecule has 5 rings (SSSR count). The molecule has 0 spiro atoms. The molecular formula is C29H33N5O6. The highest BCUT2D eigenvalue weighted by atomic mass is 16.5. The molecule has 3 unspecified atom stereocenters. The van der Waals surface area contributed by atoms with E-state index in [1.807, 2.05) is 26.0 Å². The molecule has 3 aliphatic heterocycles. The third kappa shape index (κ3) is 5.42. The Balaban J connectivity index is 1.29. The first kappa shape index (κ1) is 27.3. The van der Waals surface area contributed by atoms with Crippen LogP contribution in [0.25, 0.3) is 0 Å². The van der Waals surface area contributed by atoms with Crippen molar-refractivity contribution >= 4 is 29.2 Å². The number of nitrogens with zero attached hydrogens (tertiary/aromatic N) is 4. The predicted octanol–water partition coefficient (Wildman–Crippen LogP) is 1.12. The van der Waals surface area contributed by atoms with Gasteiger partial charge in [0.05, 0.1) is 25.8 Å². The number of Topliss-reactive ketones (excluding diaryl/α,β-unsaturated/α-hetero) is 1. The number of likely N-dealkylation sites (tertiary alicyclic amines) is 1. The Morgan fingerprint density at radius 1 is 1.10 bits per heavy atom. The number of amides is 3. The lowest BCUT2D eigenvalue weighted by molar-refractivity contribution is -0.608. The largest absolute Gasteiger partial charge is 0.618 e. The number of aromatic nitrogens is 1. The SMILES string of the molecule is CC(C)CC(NC(=O)c1ccc(N2CCOCC2)cc1)C(=O)N1CC(=O)C2C1C=CN2C(=O)c1cccc[n+]1[O-]. The van der Waals surface area contributed by atoms with Crippen molar-refractivity contribution in [2.24, 2.45) is 5.92 Å². The van der Waals surface area contributed by atoms with Crippen molar-refractivity contribution in [3.8, 4) is 0 Å². The highest BCUT2D eigenvalue weighted by molar-refractivity contribution is 6.03. The molecule has 210 valence electrons. The number of ether oxygens (including phenoxy) is 1. The number of ketones is 1. The normalized spacial score (nSPS) is 21.1. The van der Waals surface area contributed by atoms with Crippen molar-refractivity contribution in [2.75, 3.05) is 37.7 Å². The minimum atomic E-state index is -0.917. The van der Waals surface area contributed by atoms with Gasteiger partial charge in [0.25, 0.3) is 11.6 Å². The molecular weight excluding hydrogens is 514 g/mol. The molecule has 3 amide bonds. The topological polar surface area (TPSA) is 126 Å². The molecule has 0 radical (unpaired) electrons. The Morgan fingerprint density at radius 2 is 1.82 bits per heavy atom. The van der Waals surface area contributed by atoms with E-state index in [0.29, 0.717) is 29.9 Å². The first-order valence-electron chi connectivity index (χ1n) is 13.5. The summed E-state index contributed by atoms with van der Waals surface area (Å²) in [6.07, 6.45) is 4.67. The van der Waals surface area contributed by atoms with Gasteiger partial charge in [0.1, 0.15) is 12.1 Å². The Morgan fingerprint density at radius 3 is 2.50 bits per heavy atom. The lowest BCUT2D eigenvalue weighted by Crippen LogP contribution is -2.52. The number of nitrogens with one attached hydrogen (secondary N) is 1. The van der Waals surface area contributed by atoms with E-state index < -0.39 is 24.0 Å². The second-order valence-electron chi connectivity index (χ2n) is 10.6. The van der Waals surface area contributed by atoms with Gasteiger partial charge < -0.3 is 25.1 Å². The molecule has 0 bridgehead atoms. The van der Waals surface area contributed by atoms with Gasteiger partial charge in [0.15, 0.2) is 12.0 Å². The van der Waals surface area contributed by atoms with Gasteiger partial charge in [-0.15, -0.1) is 0 Å². The molecule has 40 heavy (non-hydrogen) atoms. The average Bonchev–Trinajstić information content (AvgIpc) is 3.54. The molecule has 1 N–H and O–H groups in total. The first-order chi connectivity index (χ1) is 19.2. The van der Waals surface area contributed by atoms with Crippen molar-refractivity contribution in [2.45, 2.75) is 38.4 Å². The van der Waals surface area contributed by atoms with E-state index in [9.17, 15) is 24.4 Å². The van der Waals surface area contributed by atoms with E-state index >= 15 is 0 Å². The fraction of sp³-hybridized carbons (Fsp3) is 0.414. The van der Waals surface area contributed by atoms with Crippen LogP contribution in [0, 0.1) is 11.1 Å². The van der Waals surface area contributed by atoms with Gasteiger partial charge in [-0.2, -0.15) is 4.73 Å². The van der Waals surface area contributed by atoms with Crippen molar-refractivity contribution < 1.29 is 28.6 Å². The molecule has 11 nitrogen and oxygen atoms in total. The summed E-state index contributed by atoms with van der Waals surface area (Å²) < 4.78 is 5.85. The second kappa shape index (κ2) is 11.5. The number of hydrogen-bond acceptors (Lipinski definition) is 7. The van der Waals surface area contributed by atoms with Crippen molar-refractivity contribution in [1.82, 2.24) is 15.1 Å². The van der Waals surface area contributed by atoms with E-state index in [1.165, 1.54) is 34.3 Å². The van der Waals surface area contributed by atoms with Crippen LogP contribution < -0.4 is 14.9 Å². The molecule has 3 atom stereocenters. The first-order valence-corrected chi connectivity index (χ1v) is 13.5. The number of carbonyl (C=O) groups excluding carboxylic acids is 4. The van der Waals surface area contributed by atoms with Crippen LogP contribution in [0.3, 0.4) is 0 Å².